The number of carbonyl (C=O) groups is 1. The summed E-state index contributed by atoms with van der Waals surface area (Å²) >= 11 is 0. The quantitative estimate of drug-likeness (QED) is 0.128. The Morgan fingerprint density at radius 3 is 1.58 bits per heavy atom. The Hall–Kier alpha value is -1.44. The van der Waals surface area contributed by atoms with Gasteiger partial charge in [-0.05, 0) is 30.9 Å². The van der Waals surface area contributed by atoms with Gasteiger partial charge in [-0.2, -0.15) is 8.42 Å². The maximum absolute atomic E-state index is 11.7. The molecule has 0 aliphatic heterocycles. The van der Waals surface area contributed by atoms with E-state index in [0.717, 1.165) is 38.5 Å². The van der Waals surface area contributed by atoms with Crippen LogP contribution in [-0.2, 0) is 25.7 Å². The van der Waals surface area contributed by atoms with Crippen molar-refractivity contribution >= 4 is 16.1 Å². The maximum atomic E-state index is 11.7. The lowest BCUT2D eigenvalue weighted by atomic mass is 10.0. The molecule has 0 saturated carbocycles. The van der Waals surface area contributed by atoms with Gasteiger partial charge in [-0.3, -0.25) is 4.79 Å². The lowest BCUT2D eigenvalue weighted by molar-refractivity contribution is -0.137. The Bertz CT molecular complexity index is 702. The van der Waals surface area contributed by atoms with Crippen molar-refractivity contribution < 1.29 is 27.9 Å². The number of carboxylic acids is 1. The van der Waals surface area contributed by atoms with Gasteiger partial charge in [-0.25, -0.2) is 5.26 Å². The Morgan fingerprint density at radius 1 is 0.710 bits per heavy atom. The highest BCUT2D eigenvalue weighted by molar-refractivity contribution is 7.86. The van der Waals surface area contributed by atoms with Crippen LogP contribution in [0.3, 0.4) is 0 Å². The van der Waals surface area contributed by atoms with Crippen LogP contribution in [0.1, 0.15) is 108 Å². The minimum atomic E-state index is -4.07. The zero-order valence-electron chi connectivity index (χ0n) is 18.8. The van der Waals surface area contributed by atoms with Crippen LogP contribution < -0.4 is 0 Å². The molecule has 178 valence electrons. The van der Waals surface area contributed by atoms with Gasteiger partial charge in [0.1, 0.15) is 0 Å². The summed E-state index contributed by atoms with van der Waals surface area (Å²) < 4.78 is 27.1. The molecule has 0 atom stereocenters. The fourth-order valence-corrected chi connectivity index (χ4v) is 4.70. The summed E-state index contributed by atoms with van der Waals surface area (Å²) in [4.78, 5) is 10.5. The Labute approximate surface area is 188 Å². The van der Waals surface area contributed by atoms with Crippen molar-refractivity contribution in [1.82, 2.24) is 0 Å². The van der Waals surface area contributed by atoms with Crippen molar-refractivity contribution in [2.24, 2.45) is 0 Å². The second-order valence-corrected chi connectivity index (χ2v) is 9.83. The number of benzene rings is 1. The minimum absolute atomic E-state index is 0.0516. The van der Waals surface area contributed by atoms with E-state index in [0.29, 0.717) is 18.4 Å². The number of unbranched alkanes of at least 4 members (excludes halogenated alkanes) is 14. The average molecular weight is 457 g/mol. The fourth-order valence-electron chi connectivity index (χ4n) is 3.88. The highest BCUT2D eigenvalue weighted by Crippen LogP contribution is 2.20. The molecule has 0 aliphatic rings. The summed E-state index contributed by atoms with van der Waals surface area (Å²) in [5, 5.41) is 17.2. The number of rotatable bonds is 20. The van der Waals surface area contributed by atoms with E-state index in [1.807, 2.05) is 0 Å². The van der Waals surface area contributed by atoms with E-state index in [1.165, 1.54) is 63.9 Å². The molecule has 0 radical (unpaired) electrons. The highest BCUT2D eigenvalue weighted by atomic mass is 32.2. The third-order valence-corrected chi connectivity index (χ3v) is 6.81. The zero-order chi connectivity index (χ0) is 22.8. The van der Waals surface area contributed by atoms with Gasteiger partial charge in [0.2, 0.25) is 0 Å². The van der Waals surface area contributed by atoms with E-state index < -0.39 is 16.1 Å². The first-order chi connectivity index (χ1) is 15.0. The molecule has 0 bridgehead atoms. The van der Waals surface area contributed by atoms with Crippen LogP contribution in [0.5, 0.6) is 0 Å². The number of aryl methyl sites for hydroxylation is 1. The third-order valence-electron chi connectivity index (χ3n) is 5.68. The predicted molar refractivity (Wildman–Crippen MR) is 123 cm³/mol. The number of carboxylic acid groups (broad SMARTS) is 1. The molecule has 0 amide bonds. The Kier molecular flexibility index (Phi) is 15.3. The van der Waals surface area contributed by atoms with E-state index in [1.54, 1.807) is 18.2 Å². The van der Waals surface area contributed by atoms with Crippen LogP contribution in [0.2, 0.25) is 0 Å². The average Bonchev–Trinajstić information content (AvgIpc) is 2.76. The molecule has 0 unspecified atom stereocenters. The summed E-state index contributed by atoms with van der Waals surface area (Å²) in [6, 6.07) is 6.66. The monoisotopic (exact) mass is 456 g/mol. The molecular weight excluding hydrogens is 416 g/mol. The second kappa shape index (κ2) is 17.2. The molecule has 0 aromatic heterocycles. The first kappa shape index (κ1) is 27.6. The normalized spacial score (nSPS) is 11.6. The predicted octanol–water partition coefficient (Wildman–Crippen LogP) is 6.73. The van der Waals surface area contributed by atoms with E-state index >= 15 is 0 Å². The van der Waals surface area contributed by atoms with Crippen molar-refractivity contribution in [1.29, 1.82) is 0 Å². The summed E-state index contributed by atoms with van der Waals surface area (Å²) in [5.41, 5.74) is 0.691. The molecule has 2 N–H and O–H groups in total. The van der Waals surface area contributed by atoms with Crippen LogP contribution in [0.15, 0.2) is 29.2 Å². The lowest BCUT2D eigenvalue weighted by Crippen LogP contribution is -2.06. The van der Waals surface area contributed by atoms with E-state index in [4.69, 9.17) is 10.4 Å². The Balaban J connectivity index is 1.92. The molecule has 0 spiro atoms. The zero-order valence-corrected chi connectivity index (χ0v) is 19.6. The molecule has 31 heavy (non-hydrogen) atoms. The van der Waals surface area contributed by atoms with Crippen molar-refractivity contribution in [3.63, 3.8) is 0 Å². The van der Waals surface area contributed by atoms with Crippen LogP contribution in [0, 0.1) is 0 Å². The smallest absolute Gasteiger partial charge is 0.323 e. The SMILES string of the molecule is O=C(O)CCCCCCCCCCCCCCCCCc1ccccc1S(=O)(=O)OO. The third kappa shape index (κ3) is 13.6. The van der Waals surface area contributed by atoms with Crippen LogP contribution in [0.4, 0.5) is 0 Å². The van der Waals surface area contributed by atoms with Crippen molar-refractivity contribution in [3.05, 3.63) is 29.8 Å². The molecule has 0 heterocycles. The summed E-state index contributed by atoms with van der Waals surface area (Å²) in [5.74, 6) is -0.687. The fraction of sp³-hybridized carbons (Fsp3) is 0.708. The van der Waals surface area contributed by atoms with Gasteiger partial charge >= 0.3 is 16.1 Å². The summed E-state index contributed by atoms with van der Waals surface area (Å²) in [6.07, 6.45) is 18.6. The van der Waals surface area contributed by atoms with Crippen LogP contribution in [-0.4, -0.2) is 24.8 Å². The van der Waals surface area contributed by atoms with E-state index in [2.05, 4.69) is 4.33 Å². The first-order valence-corrected chi connectivity index (χ1v) is 13.3. The summed E-state index contributed by atoms with van der Waals surface area (Å²) in [7, 11) is -4.07. The van der Waals surface area contributed by atoms with Gasteiger partial charge in [0.05, 0.1) is 4.90 Å². The maximum Gasteiger partial charge on any atom is 0.323 e. The van der Waals surface area contributed by atoms with E-state index in [-0.39, 0.29) is 4.90 Å². The molecule has 0 fully saturated rings. The van der Waals surface area contributed by atoms with Gasteiger partial charge in [-0.1, -0.05) is 102 Å². The minimum Gasteiger partial charge on any atom is -0.481 e. The van der Waals surface area contributed by atoms with Gasteiger partial charge in [0, 0.05) is 6.42 Å². The Morgan fingerprint density at radius 2 is 1.13 bits per heavy atom. The van der Waals surface area contributed by atoms with Crippen LogP contribution >= 0.6 is 0 Å². The van der Waals surface area contributed by atoms with Crippen molar-refractivity contribution in [3.8, 4) is 0 Å². The topological polar surface area (TPSA) is 101 Å². The first-order valence-electron chi connectivity index (χ1n) is 11.8. The van der Waals surface area contributed by atoms with Crippen LogP contribution in [0.25, 0.3) is 0 Å². The van der Waals surface area contributed by atoms with Crippen molar-refractivity contribution in [2.75, 3.05) is 0 Å². The largest absolute Gasteiger partial charge is 0.481 e. The van der Waals surface area contributed by atoms with Crippen molar-refractivity contribution in [2.45, 2.75) is 114 Å². The van der Waals surface area contributed by atoms with E-state index in [9.17, 15) is 13.2 Å². The number of hydrogen-bond acceptors (Lipinski definition) is 5. The molecule has 7 heteroatoms. The molecule has 1 aromatic carbocycles. The van der Waals surface area contributed by atoms with Gasteiger partial charge in [-0.15, -0.1) is 4.33 Å². The second-order valence-electron chi connectivity index (χ2n) is 8.33. The molecular formula is C24H40O6S. The van der Waals surface area contributed by atoms with Gasteiger partial charge in [0.25, 0.3) is 0 Å². The molecule has 0 saturated heterocycles. The molecule has 1 rings (SSSR count). The number of aliphatic carboxylic acids is 1. The van der Waals surface area contributed by atoms with Gasteiger partial charge < -0.3 is 5.11 Å². The lowest BCUT2D eigenvalue weighted by Gasteiger charge is -2.08. The molecule has 0 aliphatic carbocycles. The van der Waals surface area contributed by atoms with Gasteiger partial charge in [0.15, 0.2) is 0 Å². The molecule has 1 aromatic rings. The summed E-state index contributed by atoms with van der Waals surface area (Å²) in [6.45, 7) is 0. The molecule has 6 nitrogen and oxygen atoms in total. The number of hydrogen-bond donors (Lipinski definition) is 2. The highest BCUT2D eigenvalue weighted by Gasteiger charge is 2.18. The standard InChI is InChI=1S/C24H40O6S/c25-24(26)21-15-13-11-9-7-5-3-1-2-4-6-8-10-12-14-18-22-19-16-17-20-23(22)31(28,29)30-27/h16-17,19-20,27H,1-15,18,21H2,(H,25,26).